The Labute approximate surface area is 146 Å². The Morgan fingerprint density at radius 2 is 2.00 bits per heavy atom. The summed E-state index contributed by atoms with van der Waals surface area (Å²) in [4.78, 5) is 4.65. The smallest absolute Gasteiger partial charge is 0.154 e. The van der Waals surface area contributed by atoms with Gasteiger partial charge in [0.2, 0.25) is 0 Å². The zero-order chi connectivity index (χ0) is 17.4. The second kappa shape index (κ2) is 6.22. The highest BCUT2D eigenvalue weighted by Crippen LogP contribution is 2.24. The van der Waals surface area contributed by atoms with Gasteiger partial charge < -0.3 is 14.1 Å². The van der Waals surface area contributed by atoms with Crippen LogP contribution in [0.5, 0.6) is 0 Å². The summed E-state index contributed by atoms with van der Waals surface area (Å²) in [7, 11) is 1.92. The molecule has 4 aromatic heterocycles. The molecule has 6 nitrogen and oxygen atoms in total. The first kappa shape index (κ1) is 15.7. The van der Waals surface area contributed by atoms with E-state index in [0.717, 1.165) is 34.1 Å². The van der Waals surface area contributed by atoms with Crippen molar-refractivity contribution in [2.24, 2.45) is 7.05 Å². The number of fused-ring (bicyclic) bond motifs is 1. The summed E-state index contributed by atoms with van der Waals surface area (Å²) >= 11 is 0. The van der Waals surface area contributed by atoms with Crippen molar-refractivity contribution in [1.82, 2.24) is 24.5 Å². The van der Waals surface area contributed by atoms with Crippen molar-refractivity contribution in [3.63, 3.8) is 0 Å². The number of hydrogen-bond acceptors (Lipinski definition) is 4. The maximum absolute atomic E-state index is 5.72. The first-order valence-corrected chi connectivity index (χ1v) is 8.33. The number of furan rings is 1. The lowest BCUT2D eigenvalue weighted by molar-refractivity contribution is 0.544. The average molecular weight is 335 g/mol. The maximum Gasteiger partial charge on any atom is 0.154 e. The third-order valence-corrected chi connectivity index (χ3v) is 4.17. The number of nitrogens with one attached hydrogen (secondary N) is 1. The quantitative estimate of drug-likeness (QED) is 0.608. The van der Waals surface area contributed by atoms with Gasteiger partial charge in [0, 0.05) is 44.3 Å². The van der Waals surface area contributed by atoms with Gasteiger partial charge in [-0.05, 0) is 43.7 Å². The van der Waals surface area contributed by atoms with Gasteiger partial charge in [0.15, 0.2) is 5.76 Å². The third-order valence-electron chi connectivity index (χ3n) is 4.17. The minimum Gasteiger partial charge on any atom is -0.460 e. The van der Waals surface area contributed by atoms with Crippen molar-refractivity contribution in [3.8, 4) is 11.5 Å². The Hall–Kier alpha value is -2.86. The molecule has 0 aromatic carbocycles. The minimum absolute atomic E-state index is 0.701. The van der Waals surface area contributed by atoms with Crippen molar-refractivity contribution in [2.75, 3.05) is 0 Å². The predicted octanol–water partition coefficient (Wildman–Crippen LogP) is 3.23. The zero-order valence-electron chi connectivity index (χ0n) is 14.7. The van der Waals surface area contributed by atoms with Crippen molar-refractivity contribution in [2.45, 2.75) is 26.9 Å². The lowest BCUT2D eigenvalue weighted by atomic mass is 10.2. The molecule has 4 aromatic rings. The van der Waals surface area contributed by atoms with Crippen LogP contribution in [0, 0.1) is 13.8 Å². The van der Waals surface area contributed by atoms with Crippen LogP contribution in [-0.2, 0) is 20.1 Å². The van der Waals surface area contributed by atoms with Gasteiger partial charge in [-0.2, -0.15) is 5.10 Å². The van der Waals surface area contributed by atoms with Gasteiger partial charge in [0.05, 0.1) is 5.69 Å². The van der Waals surface area contributed by atoms with Crippen molar-refractivity contribution < 1.29 is 4.42 Å². The first-order valence-electron chi connectivity index (χ1n) is 8.33. The molecular formula is C19H21N5O. The van der Waals surface area contributed by atoms with Crippen LogP contribution in [0.2, 0.25) is 0 Å². The molecule has 0 unspecified atom stereocenters. The van der Waals surface area contributed by atoms with Gasteiger partial charge in [0.25, 0.3) is 0 Å². The van der Waals surface area contributed by atoms with Gasteiger partial charge in [-0.25, -0.2) is 4.98 Å². The molecule has 0 saturated heterocycles. The molecule has 0 aliphatic rings. The second-order valence-corrected chi connectivity index (χ2v) is 6.39. The summed E-state index contributed by atoms with van der Waals surface area (Å²) in [6.45, 7) is 5.42. The summed E-state index contributed by atoms with van der Waals surface area (Å²) in [5, 5.41) is 7.98. The summed E-state index contributed by atoms with van der Waals surface area (Å²) in [6, 6.07) is 8.09. The summed E-state index contributed by atoms with van der Waals surface area (Å²) in [5.74, 6) is 1.69. The molecule has 0 atom stereocenters. The minimum atomic E-state index is 0.701. The van der Waals surface area contributed by atoms with Crippen LogP contribution in [0.3, 0.4) is 0 Å². The van der Waals surface area contributed by atoms with Crippen LogP contribution in [0.1, 0.15) is 22.6 Å². The molecule has 128 valence electrons. The molecule has 4 heterocycles. The normalized spacial score (nSPS) is 11.5. The molecule has 0 spiro atoms. The summed E-state index contributed by atoms with van der Waals surface area (Å²) in [5.41, 5.74) is 5.20. The monoisotopic (exact) mass is 335 g/mol. The number of nitrogens with zero attached hydrogens (tertiary/aromatic N) is 4. The molecule has 6 heteroatoms. The van der Waals surface area contributed by atoms with E-state index >= 15 is 0 Å². The molecule has 0 fully saturated rings. The van der Waals surface area contributed by atoms with Crippen LogP contribution in [0.4, 0.5) is 0 Å². The molecule has 0 bridgehead atoms. The van der Waals surface area contributed by atoms with E-state index in [1.165, 1.54) is 5.56 Å². The highest BCUT2D eigenvalue weighted by molar-refractivity contribution is 5.56. The summed E-state index contributed by atoms with van der Waals surface area (Å²) < 4.78 is 9.58. The van der Waals surface area contributed by atoms with E-state index in [1.54, 1.807) is 0 Å². The van der Waals surface area contributed by atoms with Crippen LogP contribution >= 0.6 is 0 Å². The lowest BCUT2D eigenvalue weighted by Gasteiger charge is -2.02. The Kier molecular flexibility index (Phi) is 3.89. The van der Waals surface area contributed by atoms with Crippen molar-refractivity contribution in [3.05, 3.63) is 65.4 Å². The second-order valence-electron chi connectivity index (χ2n) is 6.39. The van der Waals surface area contributed by atoms with Gasteiger partial charge in [-0.3, -0.25) is 4.68 Å². The fourth-order valence-corrected chi connectivity index (χ4v) is 2.98. The Bertz CT molecular complexity index is 1020. The molecule has 0 saturated carbocycles. The molecule has 0 radical (unpaired) electrons. The maximum atomic E-state index is 5.72. The van der Waals surface area contributed by atoms with Crippen molar-refractivity contribution in [1.29, 1.82) is 0 Å². The van der Waals surface area contributed by atoms with Crippen molar-refractivity contribution >= 4 is 5.65 Å². The van der Waals surface area contributed by atoms with Gasteiger partial charge in [-0.1, -0.05) is 0 Å². The first-order chi connectivity index (χ1) is 12.1. The molecular weight excluding hydrogens is 314 g/mol. The van der Waals surface area contributed by atoms with Crippen LogP contribution in [-0.4, -0.2) is 19.2 Å². The van der Waals surface area contributed by atoms with E-state index < -0.39 is 0 Å². The van der Waals surface area contributed by atoms with E-state index in [-0.39, 0.29) is 0 Å². The molecule has 0 amide bonds. The van der Waals surface area contributed by atoms with E-state index in [1.807, 2.05) is 47.6 Å². The van der Waals surface area contributed by atoms with Crippen LogP contribution in [0.15, 0.2) is 47.3 Å². The molecule has 25 heavy (non-hydrogen) atoms. The zero-order valence-corrected chi connectivity index (χ0v) is 14.7. The number of pyridine rings is 1. The fraction of sp³-hybridized carbons (Fsp3) is 0.263. The SMILES string of the molecule is Cc1ccn2cc(CNCc3cn(C)nc3-c3ccc(C)o3)nc2c1. The standard InChI is InChI=1S/C19H21N5O/c1-13-6-7-24-12-16(21-18(24)8-13)10-20-9-15-11-23(3)22-19(15)17-5-4-14(2)25-17/h4-8,11-12,20H,9-10H2,1-3H3. The predicted molar refractivity (Wildman–Crippen MR) is 96.1 cm³/mol. The lowest BCUT2D eigenvalue weighted by Crippen LogP contribution is -2.13. The van der Waals surface area contributed by atoms with E-state index in [9.17, 15) is 0 Å². The third kappa shape index (κ3) is 3.21. The fourth-order valence-electron chi connectivity index (χ4n) is 2.98. The summed E-state index contributed by atoms with van der Waals surface area (Å²) in [6.07, 6.45) is 6.12. The number of imidazole rings is 1. The largest absolute Gasteiger partial charge is 0.460 e. The van der Waals surface area contributed by atoms with E-state index in [0.29, 0.717) is 13.1 Å². The Morgan fingerprint density at radius 3 is 2.80 bits per heavy atom. The van der Waals surface area contributed by atoms with Gasteiger partial charge >= 0.3 is 0 Å². The van der Waals surface area contributed by atoms with E-state index in [4.69, 9.17) is 4.42 Å². The van der Waals surface area contributed by atoms with Crippen LogP contribution < -0.4 is 5.32 Å². The van der Waals surface area contributed by atoms with Gasteiger partial charge in [-0.15, -0.1) is 0 Å². The van der Waals surface area contributed by atoms with Gasteiger partial charge in [0.1, 0.15) is 17.1 Å². The highest BCUT2D eigenvalue weighted by Gasteiger charge is 2.13. The Balaban J connectivity index is 1.48. The average Bonchev–Trinajstić information content (AvgIpc) is 3.25. The molecule has 1 N–H and O–H groups in total. The molecule has 4 rings (SSSR count). The van der Waals surface area contributed by atoms with Crippen LogP contribution in [0.25, 0.3) is 17.1 Å². The Morgan fingerprint density at radius 1 is 1.12 bits per heavy atom. The number of hydrogen-bond donors (Lipinski definition) is 1. The van der Waals surface area contributed by atoms with E-state index in [2.05, 4.69) is 40.7 Å². The number of aryl methyl sites for hydroxylation is 3. The number of rotatable bonds is 5. The molecule has 0 aliphatic carbocycles. The highest BCUT2D eigenvalue weighted by atomic mass is 16.3. The molecule has 0 aliphatic heterocycles. The number of aromatic nitrogens is 4. The topological polar surface area (TPSA) is 60.3 Å².